The molecule has 5 nitrogen and oxygen atoms in total. The second-order valence-electron chi connectivity index (χ2n) is 4.53. The summed E-state index contributed by atoms with van der Waals surface area (Å²) in [5.74, 6) is 0.954. The van der Waals surface area contributed by atoms with E-state index in [1.54, 1.807) is 13.0 Å². The van der Waals surface area contributed by atoms with Crippen molar-refractivity contribution in [2.75, 3.05) is 11.9 Å². The van der Waals surface area contributed by atoms with Gasteiger partial charge in [-0.2, -0.15) is 0 Å². The molecule has 1 unspecified atom stereocenters. The molecule has 0 fully saturated rings. The third-order valence-electron chi connectivity index (χ3n) is 2.84. The molecule has 1 amide bonds. The van der Waals surface area contributed by atoms with Crippen LogP contribution in [0.5, 0.6) is 0 Å². The Morgan fingerprint density at radius 3 is 2.67 bits per heavy atom. The molecule has 0 aliphatic rings. The molecule has 0 spiro atoms. The molecule has 1 aromatic carbocycles. The van der Waals surface area contributed by atoms with Gasteiger partial charge >= 0.3 is 0 Å². The zero-order valence-corrected chi connectivity index (χ0v) is 12.7. The zero-order valence-electron chi connectivity index (χ0n) is 11.9. The first-order valence-electron chi connectivity index (χ1n) is 6.74. The number of aromatic nitrogens is 2. The summed E-state index contributed by atoms with van der Waals surface area (Å²) in [6.07, 6.45) is 0. The highest BCUT2D eigenvalue weighted by atomic mass is 35.5. The Bertz CT molecular complexity index is 618. The lowest BCUT2D eigenvalue weighted by molar-refractivity contribution is -0.121. The molecule has 0 aliphatic heterocycles. The topological polar surface area (TPSA) is 66.9 Å². The summed E-state index contributed by atoms with van der Waals surface area (Å²) in [6.45, 7) is 4.23. The summed E-state index contributed by atoms with van der Waals surface area (Å²) in [6, 6.07) is 10.7. The highest BCUT2D eigenvalue weighted by molar-refractivity contribution is 6.29. The van der Waals surface area contributed by atoms with Gasteiger partial charge in [-0.05, 0) is 13.8 Å². The highest BCUT2D eigenvalue weighted by Crippen LogP contribution is 2.20. The fraction of sp³-hybridized carbons (Fsp3) is 0.267. The maximum absolute atomic E-state index is 11.7. The first-order chi connectivity index (χ1) is 10.1. The van der Waals surface area contributed by atoms with Gasteiger partial charge < -0.3 is 10.6 Å². The van der Waals surface area contributed by atoms with Gasteiger partial charge in [-0.15, -0.1) is 0 Å². The number of rotatable bonds is 5. The number of anilines is 1. The van der Waals surface area contributed by atoms with E-state index in [0.29, 0.717) is 23.3 Å². The smallest absolute Gasteiger partial charge is 0.242 e. The van der Waals surface area contributed by atoms with E-state index in [-0.39, 0.29) is 5.91 Å². The Hall–Kier alpha value is -2.14. The van der Waals surface area contributed by atoms with E-state index in [9.17, 15) is 4.79 Å². The van der Waals surface area contributed by atoms with E-state index >= 15 is 0 Å². The average molecular weight is 305 g/mol. The van der Waals surface area contributed by atoms with Gasteiger partial charge in [0.15, 0.2) is 5.82 Å². The van der Waals surface area contributed by atoms with Crippen LogP contribution in [0.15, 0.2) is 36.4 Å². The number of hydrogen-bond acceptors (Lipinski definition) is 4. The molecular formula is C15H17ClN4O. The van der Waals surface area contributed by atoms with E-state index < -0.39 is 6.04 Å². The lowest BCUT2D eigenvalue weighted by Crippen LogP contribution is -2.37. The van der Waals surface area contributed by atoms with Gasteiger partial charge in [0.1, 0.15) is 17.0 Å². The fourth-order valence-corrected chi connectivity index (χ4v) is 2.01. The second kappa shape index (κ2) is 7.04. The van der Waals surface area contributed by atoms with Crippen molar-refractivity contribution in [3.63, 3.8) is 0 Å². The van der Waals surface area contributed by atoms with Crippen LogP contribution in [0.1, 0.15) is 13.8 Å². The SMILES string of the molecule is CCNC(=O)C(C)Nc1cc(Cl)nc(-c2ccccc2)n1. The highest BCUT2D eigenvalue weighted by Gasteiger charge is 2.13. The van der Waals surface area contributed by atoms with Crippen LogP contribution in [0.25, 0.3) is 11.4 Å². The summed E-state index contributed by atoms with van der Waals surface area (Å²) in [5.41, 5.74) is 0.869. The number of hydrogen-bond donors (Lipinski definition) is 2. The lowest BCUT2D eigenvalue weighted by Gasteiger charge is -2.14. The minimum absolute atomic E-state index is 0.0894. The molecular weight excluding hydrogens is 288 g/mol. The van der Waals surface area contributed by atoms with Gasteiger partial charge in [0.25, 0.3) is 0 Å². The number of nitrogens with zero attached hydrogens (tertiary/aromatic N) is 2. The molecule has 21 heavy (non-hydrogen) atoms. The molecule has 0 bridgehead atoms. The number of carbonyl (C=O) groups is 1. The van der Waals surface area contributed by atoms with E-state index in [2.05, 4.69) is 20.6 Å². The van der Waals surface area contributed by atoms with Crippen molar-refractivity contribution in [3.8, 4) is 11.4 Å². The Morgan fingerprint density at radius 1 is 1.29 bits per heavy atom. The molecule has 2 aromatic rings. The molecule has 2 rings (SSSR count). The molecule has 6 heteroatoms. The lowest BCUT2D eigenvalue weighted by atomic mass is 10.2. The third-order valence-corrected chi connectivity index (χ3v) is 3.03. The van der Waals surface area contributed by atoms with Crippen molar-refractivity contribution >= 4 is 23.3 Å². The molecule has 1 atom stereocenters. The normalized spacial score (nSPS) is 11.8. The molecule has 0 aliphatic carbocycles. The van der Waals surface area contributed by atoms with Crippen LogP contribution >= 0.6 is 11.6 Å². The number of nitrogens with one attached hydrogen (secondary N) is 2. The molecule has 2 N–H and O–H groups in total. The quantitative estimate of drug-likeness (QED) is 0.834. The van der Waals surface area contributed by atoms with Crippen LogP contribution in [-0.4, -0.2) is 28.5 Å². The number of halogens is 1. The Morgan fingerprint density at radius 2 is 2.00 bits per heavy atom. The van der Waals surface area contributed by atoms with Crippen molar-refractivity contribution in [3.05, 3.63) is 41.6 Å². The number of likely N-dealkylation sites (N-methyl/N-ethyl adjacent to an activating group) is 1. The van der Waals surface area contributed by atoms with E-state index in [1.165, 1.54) is 0 Å². The number of amides is 1. The van der Waals surface area contributed by atoms with Crippen LogP contribution in [-0.2, 0) is 4.79 Å². The Labute approximate surface area is 128 Å². The largest absolute Gasteiger partial charge is 0.358 e. The monoisotopic (exact) mass is 304 g/mol. The predicted octanol–water partition coefficient (Wildman–Crippen LogP) is 2.73. The van der Waals surface area contributed by atoms with Crippen LogP contribution in [0.2, 0.25) is 5.15 Å². The van der Waals surface area contributed by atoms with Crippen LogP contribution in [0.3, 0.4) is 0 Å². The summed E-state index contributed by atoms with van der Waals surface area (Å²) in [7, 11) is 0. The summed E-state index contributed by atoms with van der Waals surface area (Å²) in [5, 5.41) is 6.11. The van der Waals surface area contributed by atoms with Gasteiger partial charge in [-0.25, -0.2) is 9.97 Å². The van der Waals surface area contributed by atoms with Crippen molar-refractivity contribution < 1.29 is 4.79 Å². The molecule has 0 saturated carbocycles. The Balaban J connectivity index is 2.22. The van der Waals surface area contributed by atoms with E-state index in [4.69, 9.17) is 11.6 Å². The van der Waals surface area contributed by atoms with Crippen molar-refractivity contribution in [1.82, 2.24) is 15.3 Å². The maximum atomic E-state index is 11.7. The summed E-state index contributed by atoms with van der Waals surface area (Å²) < 4.78 is 0. The fourth-order valence-electron chi connectivity index (χ4n) is 1.82. The van der Waals surface area contributed by atoms with Crippen molar-refractivity contribution in [2.24, 2.45) is 0 Å². The third kappa shape index (κ3) is 4.16. The minimum atomic E-state index is -0.403. The van der Waals surface area contributed by atoms with Crippen molar-refractivity contribution in [2.45, 2.75) is 19.9 Å². The Kier molecular flexibility index (Phi) is 5.11. The number of carbonyl (C=O) groups excluding carboxylic acids is 1. The predicted molar refractivity (Wildman–Crippen MR) is 84.2 cm³/mol. The average Bonchev–Trinajstić information content (AvgIpc) is 2.47. The van der Waals surface area contributed by atoms with E-state index in [1.807, 2.05) is 37.3 Å². The first-order valence-corrected chi connectivity index (χ1v) is 7.12. The summed E-state index contributed by atoms with van der Waals surface area (Å²) >= 11 is 6.03. The minimum Gasteiger partial charge on any atom is -0.358 e. The van der Waals surface area contributed by atoms with E-state index in [0.717, 1.165) is 5.56 Å². The molecule has 110 valence electrons. The first kappa shape index (κ1) is 15.3. The van der Waals surface area contributed by atoms with Gasteiger partial charge in [0.05, 0.1) is 0 Å². The van der Waals surface area contributed by atoms with Gasteiger partial charge in [-0.3, -0.25) is 4.79 Å². The maximum Gasteiger partial charge on any atom is 0.242 e. The van der Waals surface area contributed by atoms with Crippen LogP contribution in [0, 0.1) is 0 Å². The van der Waals surface area contributed by atoms with Gasteiger partial charge in [0.2, 0.25) is 5.91 Å². The number of benzene rings is 1. The van der Waals surface area contributed by atoms with Crippen LogP contribution in [0.4, 0.5) is 5.82 Å². The molecule has 0 saturated heterocycles. The standard InChI is InChI=1S/C15H17ClN4O/c1-3-17-15(21)10(2)18-13-9-12(16)19-14(20-13)11-7-5-4-6-8-11/h4-10H,3H2,1-2H3,(H,17,21)(H,18,19,20). The molecule has 1 heterocycles. The summed E-state index contributed by atoms with van der Waals surface area (Å²) in [4.78, 5) is 20.3. The van der Waals surface area contributed by atoms with Gasteiger partial charge in [0, 0.05) is 18.2 Å². The van der Waals surface area contributed by atoms with Crippen LogP contribution < -0.4 is 10.6 Å². The molecule has 0 radical (unpaired) electrons. The van der Waals surface area contributed by atoms with Crippen molar-refractivity contribution in [1.29, 1.82) is 0 Å². The zero-order chi connectivity index (χ0) is 15.2. The van der Waals surface area contributed by atoms with Gasteiger partial charge in [-0.1, -0.05) is 41.9 Å². The second-order valence-corrected chi connectivity index (χ2v) is 4.91. The molecule has 1 aromatic heterocycles.